The highest BCUT2D eigenvalue weighted by atomic mass is 32.2. The second-order valence-corrected chi connectivity index (χ2v) is 17.6. The molecule has 0 rings (SSSR count). The molecule has 38 heavy (non-hydrogen) atoms. The minimum atomic E-state index is -0.0800. The van der Waals surface area contributed by atoms with Crippen LogP contribution in [0.5, 0.6) is 0 Å². The number of thioether (sulfide) groups is 2. The molecule has 0 fully saturated rings. The molecule has 0 aromatic rings. The van der Waals surface area contributed by atoms with Crippen molar-refractivity contribution in [2.24, 2.45) is 10.8 Å². The van der Waals surface area contributed by atoms with Crippen LogP contribution in [0, 0.1) is 10.8 Å². The lowest BCUT2D eigenvalue weighted by atomic mass is 9.90. The Labute approximate surface area is 243 Å². The Balaban J connectivity index is 3.86. The molecular weight excluding hydrogens is 516 g/mol. The van der Waals surface area contributed by atoms with Crippen molar-refractivity contribution in [3.8, 4) is 0 Å². The Bertz CT molecular complexity index is 656. The molecule has 8 heteroatoms. The number of carbonyl (C=O) groups excluding carboxylic acids is 2. The first kappa shape index (κ1) is 37.6. The third kappa shape index (κ3) is 25.8. The summed E-state index contributed by atoms with van der Waals surface area (Å²) in [5, 5.41) is 6.05. The van der Waals surface area contributed by atoms with Crippen molar-refractivity contribution in [3.05, 3.63) is 0 Å². The molecule has 0 aromatic heterocycles. The van der Waals surface area contributed by atoms with Crippen molar-refractivity contribution in [1.29, 1.82) is 0 Å². The van der Waals surface area contributed by atoms with Gasteiger partial charge in [-0.1, -0.05) is 69.2 Å². The number of hydrogen-bond acceptors (Lipinski definition) is 6. The monoisotopic (exact) mass is 576 g/mol. The number of hydrogen-bond donors (Lipinski definition) is 2. The van der Waals surface area contributed by atoms with E-state index in [1.807, 2.05) is 23.5 Å². The van der Waals surface area contributed by atoms with E-state index >= 15 is 0 Å². The van der Waals surface area contributed by atoms with E-state index in [1.165, 1.54) is 0 Å². The standard InChI is InChI=1S/C30H60N2O4S2/c1-27(2,3)37-20-11-14-25(33)31-17-13-19-35-23-30(9,10)24-36-22-29(7,8)16-18-32-26(34)15-12-21-38-28(4,5)6/h11-24H2,1-10H3,(H,31,33)(H,32,34). The topological polar surface area (TPSA) is 76.7 Å². The smallest absolute Gasteiger partial charge is 0.220 e. The average Bonchev–Trinajstić information content (AvgIpc) is 2.75. The van der Waals surface area contributed by atoms with E-state index in [0.717, 1.165) is 37.2 Å². The van der Waals surface area contributed by atoms with Gasteiger partial charge in [-0.05, 0) is 42.6 Å². The summed E-state index contributed by atoms with van der Waals surface area (Å²) in [5.41, 5.74) is -0.0841. The SMILES string of the molecule is CC(C)(CCNC(=O)CCCSC(C)(C)C)COCC(C)(C)COCCCNC(=O)CCCSC(C)(C)C. The number of rotatable bonds is 21. The minimum Gasteiger partial charge on any atom is -0.381 e. The molecule has 6 nitrogen and oxygen atoms in total. The third-order valence-electron chi connectivity index (χ3n) is 5.56. The summed E-state index contributed by atoms with van der Waals surface area (Å²) in [6.45, 7) is 25.7. The molecule has 0 saturated heterocycles. The summed E-state index contributed by atoms with van der Waals surface area (Å²) in [6.07, 6.45) is 4.72. The van der Waals surface area contributed by atoms with E-state index in [9.17, 15) is 9.59 Å². The summed E-state index contributed by atoms with van der Waals surface area (Å²) in [4.78, 5) is 24.0. The summed E-state index contributed by atoms with van der Waals surface area (Å²) >= 11 is 3.81. The first-order valence-corrected chi connectivity index (χ1v) is 16.3. The van der Waals surface area contributed by atoms with E-state index in [2.05, 4.69) is 79.9 Å². The maximum atomic E-state index is 12.1. The van der Waals surface area contributed by atoms with Gasteiger partial charge >= 0.3 is 0 Å². The Morgan fingerprint density at radius 2 is 1.05 bits per heavy atom. The largest absolute Gasteiger partial charge is 0.381 e. The van der Waals surface area contributed by atoms with Gasteiger partial charge in [-0.15, -0.1) is 0 Å². The fourth-order valence-corrected chi connectivity index (χ4v) is 5.21. The lowest BCUT2D eigenvalue weighted by molar-refractivity contribution is -0.122. The fourth-order valence-electron chi connectivity index (χ4n) is 3.41. The van der Waals surface area contributed by atoms with E-state index in [4.69, 9.17) is 9.47 Å². The summed E-state index contributed by atoms with van der Waals surface area (Å²) < 4.78 is 12.4. The maximum Gasteiger partial charge on any atom is 0.220 e. The van der Waals surface area contributed by atoms with E-state index in [1.54, 1.807) is 0 Å². The summed E-state index contributed by atoms with van der Waals surface area (Å²) in [7, 11) is 0. The Morgan fingerprint density at radius 1 is 0.605 bits per heavy atom. The normalized spacial score (nSPS) is 13.0. The van der Waals surface area contributed by atoms with Gasteiger partial charge in [0.2, 0.25) is 11.8 Å². The van der Waals surface area contributed by atoms with Crippen LogP contribution < -0.4 is 10.6 Å². The second kappa shape index (κ2) is 18.8. The van der Waals surface area contributed by atoms with Crippen LogP contribution >= 0.6 is 23.5 Å². The first-order chi connectivity index (χ1) is 17.4. The Hall–Kier alpha value is -0.440. The summed E-state index contributed by atoms with van der Waals surface area (Å²) in [5.74, 6) is 2.31. The fraction of sp³-hybridized carbons (Fsp3) is 0.933. The quantitative estimate of drug-likeness (QED) is 0.148. The highest BCUT2D eigenvalue weighted by Gasteiger charge is 2.23. The van der Waals surface area contributed by atoms with Crippen LogP contribution in [0.15, 0.2) is 0 Å². The molecule has 0 heterocycles. The molecule has 0 saturated carbocycles. The van der Waals surface area contributed by atoms with Gasteiger partial charge in [0.15, 0.2) is 0 Å². The number of nitrogens with one attached hydrogen (secondary N) is 2. The molecule has 2 N–H and O–H groups in total. The Morgan fingerprint density at radius 3 is 1.55 bits per heavy atom. The van der Waals surface area contributed by atoms with Gasteiger partial charge in [0.25, 0.3) is 0 Å². The van der Waals surface area contributed by atoms with Crippen molar-refractivity contribution in [3.63, 3.8) is 0 Å². The zero-order valence-corrected chi connectivity index (χ0v) is 28.0. The molecular formula is C30H60N2O4S2. The van der Waals surface area contributed by atoms with Gasteiger partial charge in [0.05, 0.1) is 19.8 Å². The van der Waals surface area contributed by atoms with Crippen molar-refractivity contribution < 1.29 is 19.1 Å². The zero-order chi connectivity index (χ0) is 29.3. The average molecular weight is 577 g/mol. The summed E-state index contributed by atoms with van der Waals surface area (Å²) in [6, 6.07) is 0. The molecule has 226 valence electrons. The van der Waals surface area contributed by atoms with Crippen LogP contribution in [0.2, 0.25) is 0 Å². The second-order valence-electron chi connectivity index (χ2n) is 13.8. The number of ether oxygens (including phenoxy) is 2. The van der Waals surface area contributed by atoms with Gasteiger partial charge < -0.3 is 20.1 Å². The van der Waals surface area contributed by atoms with Gasteiger partial charge in [0.1, 0.15) is 0 Å². The van der Waals surface area contributed by atoms with Crippen molar-refractivity contribution >= 4 is 35.3 Å². The van der Waals surface area contributed by atoms with Gasteiger partial charge in [-0.3, -0.25) is 9.59 Å². The van der Waals surface area contributed by atoms with Gasteiger partial charge in [0, 0.05) is 47.4 Å². The maximum absolute atomic E-state index is 12.1. The third-order valence-corrected chi connectivity index (χ3v) is 8.27. The van der Waals surface area contributed by atoms with Gasteiger partial charge in [-0.2, -0.15) is 23.5 Å². The molecule has 0 radical (unpaired) electrons. The lowest BCUT2D eigenvalue weighted by Gasteiger charge is -2.29. The van der Waals surface area contributed by atoms with Crippen LogP contribution in [0.1, 0.15) is 108 Å². The van der Waals surface area contributed by atoms with Crippen LogP contribution in [-0.2, 0) is 19.1 Å². The number of carbonyl (C=O) groups is 2. The molecule has 0 spiro atoms. The highest BCUT2D eigenvalue weighted by Crippen LogP contribution is 2.25. The molecule has 2 amide bonds. The van der Waals surface area contributed by atoms with Crippen LogP contribution in [0.25, 0.3) is 0 Å². The lowest BCUT2D eigenvalue weighted by Crippen LogP contribution is -2.32. The predicted molar refractivity (Wildman–Crippen MR) is 167 cm³/mol. The Kier molecular flexibility index (Phi) is 18.6. The van der Waals surface area contributed by atoms with Crippen molar-refractivity contribution in [1.82, 2.24) is 10.6 Å². The van der Waals surface area contributed by atoms with E-state index < -0.39 is 0 Å². The van der Waals surface area contributed by atoms with E-state index in [-0.39, 0.29) is 32.1 Å². The van der Waals surface area contributed by atoms with Crippen LogP contribution in [-0.4, -0.2) is 72.3 Å². The van der Waals surface area contributed by atoms with Crippen LogP contribution in [0.3, 0.4) is 0 Å². The molecule has 0 aliphatic carbocycles. The zero-order valence-electron chi connectivity index (χ0n) is 26.3. The highest BCUT2D eigenvalue weighted by molar-refractivity contribution is 8.00. The van der Waals surface area contributed by atoms with Crippen LogP contribution in [0.4, 0.5) is 0 Å². The predicted octanol–water partition coefficient (Wildman–Crippen LogP) is 6.71. The van der Waals surface area contributed by atoms with E-state index in [0.29, 0.717) is 52.4 Å². The van der Waals surface area contributed by atoms with Gasteiger partial charge in [-0.25, -0.2) is 0 Å². The molecule has 0 atom stereocenters. The molecule has 0 unspecified atom stereocenters. The van der Waals surface area contributed by atoms with Crippen molar-refractivity contribution in [2.45, 2.75) is 117 Å². The molecule has 0 aliphatic heterocycles. The van der Waals surface area contributed by atoms with Crippen molar-refractivity contribution in [2.75, 3.05) is 51.0 Å². The first-order valence-electron chi connectivity index (χ1n) is 14.4. The molecule has 0 aromatic carbocycles. The molecule has 0 bridgehead atoms. The molecule has 0 aliphatic rings. The minimum absolute atomic E-state index is 0.00403. The number of amides is 2.